The van der Waals surface area contributed by atoms with Crippen molar-refractivity contribution in [3.63, 3.8) is 0 Å². The second-order valence-corrected chi connectivity index (χ2v) is 35.1. The number of aliphatic hydroxyl groups is 1. The molecule has 0 aliphatic heterocycles. The average molecular weight is 1550 g/mol. The van der Waals surface area contributed by atoms with Gasteiger partial charge in [-0.15, -0.1) is 0 Å². The molecule has 0 fully saturated rings. The van der Waals surface area contributed by atoms with Gasteiger partial charge in [-0.3, -0.25) is 37.3 Å². The van der Waals surface area contributed by atoms with E-state index in [9.17, 15) is 43.2 Å². The fourth-order valence-electron chi connectivity index (χ4n) is 13.6. The van der Waals surface area contributed by atoms with E-state index in [2.05, 4.69) is 41.5 Å². The summed E-state index contributed by atoms with van der Waals surface area (Å²) in [7, 11) is -9.92. The van der Waals surface area contributed by atoms with E-state index >= 15 is 0 Å². The Kier molecular flexibility index (Phi) is 76.9. The number of aliphatic hydroxyl groups excluding tert-OH is 1. The molecule has 0 bridgehead atoms. The largest absolute Gasteiger partial charge is 0.472 e. The van der Waals surface area contributed by atoms with Crippen LogP contribution in [0, 0.1) is 11.8 Å². The summed E-state index contributed by atoms with van der Waals surface area (Å²) < 4.78 is 68.8. The molecule has 0 amide bonds. The van der Waals surface area contributed by atoms with Gasteiger partial charge in [-0.05, 0) is 37.5 Å². The zero-order valence-corrected chi connectivity index (χ0v) is 71.5. The minimum atomic E-state index is -4.96. The molecule has 5 atom stereocenters. The highest BCUT2D eigenvalue weighted by atomic mass is 31.2. The van der Waals surface area contributed by atoms with Crippen LogP contribution >= 0.6 is 15.6 Å². The van der Waals surface area contributed by atoms with Crippen molar-refractivity contribution in [1.82, 2.24) is 0 Å². The first-order valence-corrected chi connectivity index (χ1v) is 48.0. The highest BCUT2D eigenvalue weighted by Crippen LogP contribution is 2.45. The van der Waals surface area contributed by atoms with Crippen LogP contribution < -0.4 is 0 Å². The number of carbonyl (C=O) groups is 4. The number of phosphoric ester groups is 2. The molecular weight excluding hydrogens is 1380 g/mol. The maximum absolute atomic E-state index is 13.1. The van der Waals surface area contributed by atoms with Gasteiger partial charge in [0.05, 0.1) is 26.4 Å². The smallest absolute Gasteiger partial charge is 0.462 e. The van der Waals surface area contributed by atoms with Crippen LogP contribution in [-0.2, 0) is 65.4 Å². The lowest BCUT2D eigenvalue weighted by atomic mass is 10.0. The Morgan fingerprint density at radius 3 is 0.642 bits per heavy atom. The number of rotatable bonds is 86. The van der Waals surface area contributed by atoms with Crippen molar-refractivity contribution in [1.29, 1.82) is 0 Å². The molecule has 0 rings (SSSR count). The molecule has 17 nitrogen and oxygen atoms in total. The average Bonchev–Trinajstić information content (AvgIpc) is 0.946. The summed E-state index contributed by atoms with van der Waals surface area (Å²) in [6, 6.07) is 0. The van der Waals surface area contributed by atoms with Crippen LogP contribution in [0.4, 0.5) is 0 Å². The van der Waals surface area contributed by atoms with Gasteiger partial charge in [0.15, 0.2) is 12.2 Å². The summed E-state index contributed by atoms with van der Waals surface area (Å²) in [4.78, 5) is 73.1. The van der Waals surface area contributed by atoms with Crippen molar-refractivity contribution in [3.8, 4) is 0 Å². The highest BCUT2D eigenvalue weighted by Gasteiger charge is 2.30. The topological polar surface area (TPSA) is 237 Å². The van der Waals surface area contributed by atoms with Crippen LogP contribution in [-0.4, -0.2) is 96.7 Å². The van der Waals surface area contributed by atoms with Gasteiger partial charge in [0.25, 0.3) is 0 Å². The molecule has 106 heavy (non-hydrogen) atoms. The standard InChI is InChI=1S/C87H170O17P2/c1-7-9-11-13-15-16-17-18-19-20-21-25-32-37-42-47-53-59-65-71-86(91)103-82(75-97-84(89)69-63-57-49-14-12-10-8-2)77-101-105(93,94)99-73-81(88)74-100-106(95,96)102-78-83(76-98-85(90)70-64-58-52-46-41-36-31-28-27-30-35-40-45-51-56-62-68-80(5)6)104-87(92)72-66-60-54-48-43-38-33-26-23-22-24-29-34-39-44-50-55-61-67-79(3)4/h79-83,88H,7-78H2,1-6H3,(H,93,94)(H,95,96)/t81-,82+,83+/m0/s1. The monoisotopic (exact) mass is 1550 g/mol. The summed E-state index contributed by atoms with van der Waals surface area (Å²) in [5.41, 5.74) is 0. The predicted octanol–water partition coefficient (Wildman–Crippen LogP) is 26.6. The summed E-state index contributed by atoms with van der Waals surface area (Å²) in [5, 5.41) is 10.7. The third-order valence-electron chi connectivity index (χ3n) is 20.5. The number of ether oxygens (including phenoxy) is 4. The second-order valence-electron chi connectivity index (χ2n) is 32.2. The number of esters is 4. The van der Waals surface area contributed by atoms with Gasteiger partial charge in [0.1, 0.15) is 19.3 Å². The van der Waals surface area contributed by atoms with E-state index in [0.717, 1.165) is 115 Å². The molecule has 19 heteroatoms. The fraction of sp³-hybridized carbons (Fsp3) is 0.954. The van der Waals surface area contributed by atoms with Gasteiger partial charge in [-0.2, -0.15) is 0 Å². The Morgan fingerprint density at radius 1 is 0.255 bits per heavy atom. The first-order chi connectivity index (χ1) is 51.4. The van der Waals surface area contributed by atoms with Crippen molar-refractivity contribution < 1.29 is 80.2 Å². The van der Waals surface area contributed by atoms with Gasteiger partial charge in [-0.25, -0.2) is 9.13 Å². The maximum Gasteiger partial charge on any atom is 0.472 e. The first kappa shape index (κ1) is 104. The lowest BCUT2D eigenvalue weighted by molar-refractivity contribution is -0.161. The van der Waals surface area contributed by atoms with Crippen molar-refractivity contribution in [2.24, 2.45) is 11.8 Å². The first-order valence-electron chi connectivity index (χ1n) is 45.0. The Bertz CT molecular complexity index is 2030. The van der Waals surface area contributed by atoms with Crippen molar-refractivity contribution in [3.05, 3.63) is 0 Å². The third kappa shape index (κ3) is 80.1. The van der Waals surface area contributed by atoms with Crippen LogP contribution in [0.1, 0.15) is 465 Å². The Labute approximate surface area is 651 Å². The Balaban J connectivity index is 5.15. The van der Waals surface area contributed by atoms with Crippen LogP contribution in [0.15, 0.2) is 0 Å². The van der Waals surface area contributed by atoms with Gasteiger partial charge < -0.3 is 33.8 Å². The molecule has 3 N–H and O–H groups in total. The van der Waals surface area contributed by atoms with E-state index < -0.39 is 97.5 Å². The SMILES string of the molecule is CCCCCCCCCCCCCCCCCCCCCC(=O)O[C@H](COC(=O)CCCCCCCCC)COP(=O)(O)OC[C@H](O)COP(=O)(O)OC[C@@H](COC(=O)CCCCCCCCCCCCCCCCCCC(C)C)OC(=O)CCCCCCCCCCCCCCCCCCCCC(C)C. The van der Waals surface area contributed by atoms with Gasteiger partial charge in [0, 0.05) is 25.7 Å². The summed E-state index contributed by atoms with van der Waals surface area (Å²) >= 11 is 0. The molecule has 0 radical (unpaired) electrons. The number of hydrogen-bond acceptors (Lipinski definition) is 15. The van der Waals surface area contributed by atoms with E-state index in [4.69, 9.17) is 37.0 Å². The molecule has 2 unspecified atom stereocenters. The normalized spacial score (nSPS) is 13.8. The molecule has 0 saturated carbocycles. The van der Waals surface area contributed by atoms with E-state index in [1.807, 2.05) is 0 Å². The number of hydrogen-bond donors (Lipinski definition) is 3. The molecule has 0 aromatic carbocycles. The summed E-state index contributed by atoms with van der Waals surface area (Å²) in [5.74, 6) is -0.473. The van der Waals surface area contributed by atoms with Crippen LogP contribution in [0.2, 0.25) is 0 Å². The lowest BCUT2D eigenvalue weighted by Crippen LogP contribution is -2.30. The molecule has 0 saturated heterocycles. The van der Waals surface area contributed by atoms with E-state index in [1.165, 1.54) is 270 Å². The number of unbranched alkanes of at least 4 members (excludes halogenated alkanes) is 56. The number of carbonyl (C=O) groups excluding carboxylic acids is 4. The molecule has 0 heterocycles. The van der Waals surface area contributed by atoms with Crippen molar-refractivity contribution in [2.45, 2.75) is 484 Å². The molecule has 630 valence electrons. The molecule has 0 aromatic heterocycles. The highest BCUT2D eigenvalue weighted by molar-refractivity contribution is 7.47. The van der Waals surface area contributed by atoms with Crippen LogP contribution in [0.5, 0.6) is 0 Å². The third-order valence-corrected chi connectivity index (χ3v) is 22.4. The maximum atomic E-state index is 13.1. The van der Waals surface area contributed by atoms with E-state index in [0.29, 0.717) is 25.7 Å². The quantitative estimate of drug-likeness (QED) is 0.0222. The summed E-state index contributed by atoms with van der Waals surface area (Å²) in [6.07, 6.45) is 71.1. The van der Waals surface area contributed by atoms with Crippen molar-refractivity contribution in [2.75, 3.05) is 39.6 Å². The van der Waals surface area contributed by atoms with E-state index in [-0.39, 0.29) is 25.7 Å². The van der Waals surface area contributed by atoms with E-state index in [1.54, 1.807) is 0 Å². The molecular formula is C87H170O17P2. The lowest BCUT2D eigenvalue weighted by Gasteiger charge is -2.21. The van der Waals surface area contributed by atoms with Crippen LogP contribution in [0.25, 0.3) is 0 Å². The van der Waals surface area contributed by atoms with Crippen LogP contribution in [0.3, 0.4) is 0 Å². The van der Waals surface area contributed by atoms with Gasteiger partial charge >= 0.3 is 39.5 Å². The van der Waals surface area contributed by atoms with Gasteiger partial charge in [0.2, 0.25) is 0 Å². The minimum absolute atomic E-state index is 0.109. The second kappa shape index (κ2) is 78.3. The number of phosphoric acid groups is 2. The zero-order chi connectivity index (χ0) is 77.8. The molecule has 0 aliphatic rings. The predicted molar refractivity (Wildman–Crippen MR) is 437 cm³/mol. The zero-order valence-electron chi connectivity index (χ0n) is 69.7. The molecule has 0 aliphatic carbocycles. The Morgan fingerprint density at radius 2 is 0.434 bits per heavy atom. The summed E-state index contributed by atoms with van der Waals surface area (Å²) in [6.45, 7) is 9.70. The van der Waals surface area contributed by atoms with Crippen molar-refractivity contribution >= 4 is 39.5 Å². The fourth-order valence-corrected chi connectivity index (χ4v) is 15.2. The minimum Gasteiger partial charge on any atom is -0.462 e. The van der Waals surface area contributed by atoms with Gasteiger partial charge in [-0.1, -0.05) is 414 Å². The molecule has 0 aromatic rings. The molecule has 0 spiro atoms. The Hall–Kier alpha value is -1.94.